The highest BCUT2D eigenvalue weighted by molar-refractivity contribution is 6.30. The molecule has 1 N–H and O–H groups in total. The van der Waals surface area contributed by atoms with Crippen molar-refractivity contribution < 1.29 is 5.11 Å². The molecule has 1 aromatic carbocycles. The summed E-state index contributed by atoms with van der Waals surface area (Å²) in [5.41, 5.74) is 2.77. The number of aliphatic hydroxyl groups is 1. The van der Waals surface area contributed by atoms with Gasteiger partial charge in [0, 0.05) is 11.6 Å². The Balaban J connectivity index is 2.32. The van der Waals surface area contributed by atoms with Gasteiger partial charge in [0.05, 0.1) is 0 Å². The average Bonchev–Trinajstić information content (AvgIpc) is 2.19. The first kappa shape index (κ1) is 10.0. The van der Waals surface area contributed by atoms with Crippen LogP contribution in [0.25, 0.3) is 0 Å². The van der Waals surface area contributed by atoms with Gasteiger partial charge in [-0.1, -0.05) is 17.7 Å². The van der Waals surface area contributed by atoms with Gasteiger partial charge in [-0.05, 0) is 54.9 Å². The Morgan fingerprint density at radius 3 is 3.07 bits per heavy atom. The predicted octanol–water partition coefficient (Wildman–Crippen LogP) is 3.14. The summed E-state index contributed by atoms with van der Waals surface area (Å²) < 4.78 is 0. The smallest absolute Gasteiger partial charge is 0.0436 e. The van der Waals surface area contributed by atoms with Gasteiger partial charge in [0.15, 0.2) is 0 Å². The first-order valence-electron chi connectivity index (χ1n) is 5.20. The maximum absolute atomic E-state index is 8.98. The molecule has 1 aliphatic rings. The Kier molecular flexibility index (Phi) is 3.09. The van der Waals surface area contributed by atoms with Crippen LogP contribution in [0.15, 0.2) is 18.2 Å². The molecule has 1 atom stereocenters. The van der Waals surface area contributed by atoms with Crippen LogP contribution >= 0.6 is 11.6 Å². The topological polar surface area (TPSA) is 20.2 Å². The lowest BCUT2D eigenvalue weighted by atomic mass is 9.81. The van der Waals surface area contributed by atoms with Crippen molar-refractivity contribution in [3.05, 3.63) is 34.3 Å². The summed E-state index contributed by atoms with van der Waals surface area (Å²) in [6, 6.07) is 6.15. The molecule has 1 aromatic rings. The molecule has 0 spiro atoms. The van der Waals surface area contributed by atoms with E-state index in [0.717, 1.165) is 17.9 Å². The SMILES string of the molecule is OCCC1CCCc2ccc(Cl)cc21. The van der Waals surface area contributed by atoms with E-state index in [1.54, 1.807) is 0 Å². The quantitative estimate of drug-likeness (QED) is 0.795. The third-order valence-electron chi connectivity index (χ3n) is 3.02. The van der Waals surface area contributed by atoms with Crippen LogP contribution in [-0.2, 0) is 6.42 Å². The number of rotatable bonds is 2. The zero-order valence-electron chi connectivity index (χ0n) is 8.17. The molecule has 0 fully saturated rings. The molecule has 0 saturated heterocycles. The molecule has 76 valence electrons. The van der Waals surface area contributed by atoms with Gasteiger partial charge < -0.3 is 5.11 Å². The lowest BCUT2D eigenvalue weighted by Crippen LogP contribution is -2.11. The lowest BCUT2D eigenvalue weighted by Gasteiger charge is -2.25. The fourth-order valence-electron chi connectivity index (χ4n) is 2.32. The largest absolute Gasteiger partial charge is 0.396 e. The van der Waals surface area contributed by atoms with Gasteiger partial charge >= 0.3 is 0 Å². The third-order valence-corrected chi connectivity index (χ3v) is 3.26. The van der Waals surface area contributed by atoms with Crippen molar-refractivity contribution in [1.29, 1.82) is 0 Å². The minimum atomic E-state index is 0.274. The molecule has 14 heavy (non-hydrogen) atoms. The molecule has 0 radical (unpaired) electrons. The van der Waals surface area contributed by atoms with Gasteiger partial charge in [-0.25, -0.2) is 0 Å². The van der Waals surface area contributed by atoms with Crippen molar-refractivity contribution in [3.63, 3.8) is 0 Å². The highest BCUT2D eigenvalue weighted by Crippen LogP contribution is 2.35. The van der Waals surface area contributed by atoms with E-state index in [-0.39, 0.29) is 6.61 Å². The molecular formula is C12H15ClO. The monoisotopic (exact) mass is 210 g/mol. The highest BCUT2D eigenvalue weighted by atomic mass is 35.5. The van der Waals surface area contributed by atoms with E-state index in [1.807, 2.05) is 6.07 Å². The molecular weight excluding hydrogens is 196 g/mol. The minimum absolute atomic E-state index is 0.274. The Hall–Kier alpha value is -0.530. The summed E-state index contributed by atoms with van der Waals surface area (Å²) in [7, 11) is 0. The van der Waals surface area contributed by atoms with Crippen molar-refractivity contribution >= 4 is 11.6 Å². The molecule has 2 heteroatoms. The summed E-state index contributed by atoms with van der Waals surface area (Å²) in [5, 5.41) is 9.79. The maximum Gasteiger partial charge on any atom is 0.0436 e. The summed E-state index contributed by atoms with van der Waals surface area (Å²) >= 11 is 5.98. The molecule has 1 aliphatic carbocycles. The fraction of sp³-hybridized carbons (Fsp3) is 0.500. The van der Waals surface area contributed by atoms with Gasteiger partial charge in [0.2, 0.25) is 0 Å². The molecule has 2 rings (SSSR count). The molecule has 0 aliphatic heterocycles. The number of aryl methyl sites for hydroxylation is 1. The van der Waals surface area contributed by atoms with E-state index in [2.05, 4.69) is 12.1 Å². The molecule has 1 unspecified atom stereocenters. The normalized spacial score (nSPS) is 20.6. The summed E-state index contributed by atoms with van der Waals surface area (Å²) in [5.74, 6) is 0.516. The first-order chi connectivity index (χ1) is 6.81. The van der Waals surface area contributed by atoms with Crippen LogP contribution < -0.4 is 0 Å². The zero-order chi connectivity index (χ0) is 9.97. The number of fused-ring (bicyclic) bond motifs is 1. The summed E-state index contributed by atoms with van der Waals surface area (Å²) in [6.07, 6.45) is 4.45. The van der Waals surface area contributed by atoms with Crippen LogP contribution in [0.3, 0.4) is 0 Å². The molecule has 0 saturated carbocycles. The minimum Gasteiger partial charge on any atom is -0.396 e. The Bertz CT molecular complexity index is 322. The van der Waals surface area contributed by atoms with Gasteiger partial charge in [-0.2, -0.15) is 0 Å². The predicted molar refractivity (Wildman–Crippen MR) is 58.8 cm³/mol. The third kappa shape index (κ3) is 1.94. The maximum atomic E-state index is 8.98. The number of aliphatic hydroxyl groups excluding tert-OH is 1. The molecule has 1 nitrogen and oxygen atoms in total. The Labute approximate surface area is 89.7 Å². The summed E-state index contributed by atoms with van der Waals surface area (Å²) in [6.45, 7) is 0.274. The average molecular weight is 211 g/mol. The van der Waals surface area contributed by atoms with E-state index >= 15 is 0 Å². The van der Waals surface area contributed by atoms with Crippen molar-refractivity contribution in [1.82, 2.24) is 0 Å². The van der Waals surface area contributed by atoms with Crippen LogP contribution in [0.5, 0.6) is 0 Å². The van der Waals surface area contributed by atoms with Crippen LogP contribution in [-0.4, -0.2) is 11.7 Å². The summed E-state index contributed by atoms with van der Waals surface area (Å²) in [4.78, 5) is 0. The second-order valence-corrected chi connectivity index (χ2v) is 4.38. The standard InChI is InChI=1S/C12H15ClO/c13-11-5-4-9-2-1-3-10(6-7-14)12(9)8-11/h4-5,8,10,14H,1-3,6-7H2. The van der Waals surface area contributed by atoms with Crippen LogP contribution in [0.2, 0.25) is 5.02 Å². The van der Waals surface area contributed by atoms with Crippen LogP contribution in [0.1, 0.15) is 36.3 Å². The van der Waals surface area contributed by atoms with E-state index in [1.165, 1.54) is 24.0 Å². The molecule has 0 aromatic heterocycles. The number of hydrogen-bond acceptors (Lipinski definition) is 1. The van der Waals surface area contributed by atoms with Crippen molar-refractivity contribution in [2.24, 2.45) is 0 Å². The van der Waals surface area contributed by atoms with Crippen molar-refractivity contribution in [2.45, 2.75) is 31.6 Å². The zero-order valence-corrected chi connectivity index (χ0v) is 8.93. The van der Waals surface area contributed by atoms with Crippen LogP contribution in [0, 0.1) is 0 Å². The number of benzene rings is 1. The van der Waals surface area contributed by atoms with E-state index in [4.69, 9.17) is 16.7 Å². The van der Waals surface area contributed by atoms with Gasteiger partial charge in [0.25, 0.3) is 0 Å². The molecule has 0 bridgehead atoms. The second kappa shape index (κ2) is 4.33. The van der Waals surface area contributed by atoms with E-state index < -0.39 is 0 Å². The van der Waals surface area contributed by atoms with Crippen molar-refractivity contribution in [2.75, 3.05) is 6.61 Å². The molecule has 0 heterocycles. The van der Waals surface area contributed by atoms with Gasteiger partial charge in [-0.3, -0.25) is 0 Å². The number of hydrogen-bond donors (Lipinski definition) is 1. The molecule has 0 amide bonds. The van der Waals surface area contributed by atoms with Gasteiger partial charge in [-0.15, -0.1) is 0 Å². The van der Waals surface area contributed by atoms with Crippen LogP contribution in [0.4, 0.5) is 0 Å². The van der Waals surface area contributed by atoms with Gasteiger partial charge in [0.1, 0.15) is 0 Å². The fourth-order valence-corrected chi connectivity index (χ4v) is 2.50. The number of halogens is 1. The highest BCUT2D eigenvalue weighted by Gasteiger charge is 2.19. The second-order valence-electron chi connectivity index (χ2n) is 3.94. The Morgan fingerprint density at radius 1 is 1.43 bits per heavy atom. The van der Waals surface area contributed by atoms with E-state index in [9.17, 15) is 0 Å². The Morgan fingerprint density at radius 2 is 2.29 bits per heavy atom. The first-order valence-corrected chi connectivity index (χ1v) is 5.58. The van der Waals surface area contributed by atoms with Crippen molar-refractivity contribution in [3.8, 4) is 0 Å². The lowest BCUT2D eigenvalue weighted by molar-refractivity contribution is 0.269. The van der Waals surface area contributed by atoms with E-state index in [0.29, 0.717) is 5.92 Å².